The average Bonchev–Trinajstić information content (AvgIpc) is 3.07. The van der Waals surface area contributed by atoms with Crippen molar-refractivity contribution in [3.8, 4) is 0 Å². The van der Waals surface area contributed by atoms with Crippen LogP contribution in [0.4, 0.5) is 19.0 Å². The Kier molecular flexibility index (Phi) is 4.84. The molecule has 2 N–H and O–H groups in total. The Labute approximate surface area is 130 Å². The SMILES string of the molecule is C=N/C(=N\C=C(/C)c1nc(N)cs1)N1CCC[C@@H]1C(F)(F)F. The average molecular weight is 331 g/mol. The second-order valence-corrected chi connectivity index (χ2v) is 5.73. The van der Waals surface area contributed by atoms with Gasteiger partial charge in [0.2, 0.25) is 5.96 Å². The largest absolute Gasteiger partial charge is 0.408 e. The third-order valence-electron chi connectivity index (χ3n) is 3.26. The third kappa shape index (κ3) is 3.65. The molecule has 1 aromatic rings. The van der Waals surface area contributed by atoms with Crippen LogP contribution in [0.3, 0.4) is 0 Å². The summed E-state index contributed by atoms with van der Waals surface area (Å²) in [6.45, 7) is 5.35. The maximum atomic E-state index is 13.0. The third-order valence-corrected chi connectivity index (χ3v) is 4.26. The molecule has 0 aliphatic carbocycles. The number of nitrogens with zero attached hydrogens (tertiary/aromatic N) is 4. The Balaban J connectivity index is 2.22. The molecule has 1 aliphatic heterocycles. The molecule has 0 unspecified atom stereocenters. The van der Waals surface area contributed by atoms with E-state index in [1.165, 1.54) is 17.5 Å². The van der Waals surface area contributed by atoms with Crippen molar-refractivity contribution in [1.82, 2.24) is 9.88 Å². The minimum atomic E-state index is -4.30. The van der Waals surface area contributed by atoms with Crippen LogP contribution >= 0.6 is 11.3 Å². The molecule has 0 aromatic carbocycles. The molecule has 0 radical (unpaired) electrons. The highest BCUT2D eigenvalue weighted by molar-refractivity contribution is 7.11. The van der Waals surface area contributed by atoms with E-state index in [9.17, 15) is 13.2 Å². The van der Waals surface area contributed by atoms with E-state index in [2.05, 4.69) is 21.7 Å². The first-order chi connectivity index (χ1) is 10.3. The smallest absolute Gasteiger partial charge is 0.383 e. The highest BCUT2D eigenvalue weighted by atomic mass is 32.1. The summed E-state index contributed by atoms with van der Waals surface area (Å²) in [6, 6.07) is -1.55. The Hall–Kier alpha value is -1.90. The quantitative estimate of drug-likeness (QED) is 0.668. The molecule has 0 spiro atoms. The lowest BCUT2D eigenvalue weighted by Crippen LogP contribution is -2.43. The molecule has 0 bridgehead atoms. The van der Waals surface area contributed by atoms with Crippen molar-refractivity contribution in [2.24, 2.45) is 9.98 Å². The molecule has 2 rings (SSSR count). The van der Waals surface area contributed by atoms with Crippen molar-refractivity contribution in [3.05, 3.63) is 16.6 Å². The fourth-order valence-corrected chi connectivity index (χ4v) is 2.91. The van der Waals surface area contributed by atoms with Gasteiger partial charge in [0.15, 0.2) is 0 Å². The van der Waals surface area contributed by atoms with Crippen LogP contribution < -0.4 is 5.73 Å². The highest BCUT2D eigenvalue weighted by Crippen LogP contribution is 2.33. The molecule has 0 saturated carbocycles. The van der Waals surface area contributed by atoms with Crippen LogP contribution in [-0.2, 0) is 0 Å². The monoisotopic (exact) mass is 331 g/mol. The summed E-state index contributed by atoms with van der Waals surface area (Å²) in [7, 11) is 0. The number of hydrogen-bond donors (Lipinski definition) is 1. The van der Waals surface area contributed by atoms with Gasteiger partial charge in [0, 0.05) is 23.7 Å². The summed E-state index contributed by atoms with van der Waals surface area (Å²) in [6.07, 6.45) is -2.37. The maximum Gasteiger partial charge on any atom is 0.408 e. The number of thiazole rings is 1. The summed E-state index contributed by atoms with van der Waals surface area (Å²) in [5, 5.41) is 2.35. The first-order valence-electron chi connectivity index (χ1n) is 6.59. The Bertz CT molecular complexity index is 605. The summed E-state index contributed by atoms with van der Waals surface area (Å²) in [5.41, 5.74) is 6.24. The van der Waals surface area contributed by atoms with Gasteiger partial charge in [-0.3, -0.25) is 0 Å². The number of aliphatic imine (C=N–C) groups is 2. The van der Waals surface area contributed by atoms with Crippen molar-refractivity contribution in [3.63, 3.8) is 0 Å². The van der Waals surface area contributed by atoms with Crippen LogP contribution in [0.2, 0.25) is 0 Å². The lowest BCUT2D eigenvalue weighted by atomic mass is 10.2. The molecule has 1 aliphatic rings. The van der Waals surface area contributed by atoms with Gasteiger partial charge in [-0.1, -0.05) is 0 Å². The fraction of sp³-hybridized carbons (Fsp3) is 0.462. The number of aromatic nitrogens is 1. The molecule has 1 atom stereocenters. The second-order valence-electron chi connectivity index (χ2n) is 4.87. The van der Waals surface area contributed by atoms with Crippen LogP contribution in [0.1, 0.15) is 24.8 Å². The Morgan fingerprint density at radius 1 is 1.59 bits per heavy atom. The number of anilines is 1. The Morgan fingerprint density at radius 2 is 2.32 bits per heavy atom. The van der Waals surface area contributed by atoms with E-state index in [0.717, 1.165) is 4.90 Å². The highest BCUT2D eigenvalue weighted by Gasteiger charge is 2.47. The zero-order valence-electron chi connectivity index (χ0n) is 12.0. The van der Waals surface area contributed by atoms with Crippen LogP contribution in [0.15, 0.2) is 21.6 Å². The van der Waals surface area contributed by atoms with E-state index in [1.807, 2.05) is 0 Å². The van der Waals surface area contributed by atoms with E-state index in [-0.39, 0.29) is 18.9 Å². The number of hydrogen-bond acceptors (Lipinski definition) is 4. The summed E-state index contributed by atoms with van der Waals surface area (Å²) >= 11 is 1.34. The van der Waals surface area contributed by atoms with Gasteiger partial charge in [0.1, 0.15) is 16.9 Å². The summed E-state index contributed by atoms with van der Waals surface area (Å²) in [4.78, 5) is 12.9. The Morgan fingerprint density at radius 3 is 2.86 bits per heavy atom. The number of rotatable bonds is 2. The zero-order valence-corrected chi connectivity index (χ0v) is 12.8. The van der Waals surface area contributed by atoms with Gasteiger partial charge in [-0.05, 0) is 26.5 Å². The van der Waals surface area contributed by atoms with E-state index in [0.29, 0.717) is 22.8 Å². The molecular weight excluding hydrogens is 315 g/mol. The van der Waals surface area contributed by atoms with Gasteiger partial charge in [-0.2, -0.15) is 13.2 Å². The molecule has 5 nitrogen and oxygen atoms in total. The number of alkyl halides is 3. The minimum absolute atomic E-state index is 0.0243. The molecule has 120 valence electrons. The molecular formula is C13H16F3N5S. The number of likely N-dealkylation sites (tertiary alicyclic amines) is 1. The first kappa shape index (κ1) is 16.5. The van der Waals surface area contributed by atoms with Crippen LogP contribution in [-0.4, -0.2) is 41.3 Å². The van der Waals surface area contributed by atoms with Crippen LogP contribution in [0.5, 0.6) is 0 Å². The van der Waals surface area contributed by atoms with Gasteiger partial charge in [-0.25, -0.2) is 15.0 Å². The second kappa shape index (κ2) is 6.47. The molecule has 1 fully saturated rings. The number of guanidine groups is 1. The summed E-state index contributed by atoms with van der Waals surface area (Å²) < 4.78 is 38.9. The van der Waals surface area contributed by atoms with E-state index >= 15 is 0 Å². The molecule has 1 saturated heterocycles. The van der Waals surface area contributed by atoms with E-state index in [1.54, 1.807) is 12.3 Å². The van der Waals surface area contributed by atoms with Gasteiger partial charge >= 0.3 is 6.18 Å². The standard InChI is InChI=1S/C13H16F3N5S/c1-8(11-20-10(17)7-22-11)6-19-12(18-2)21-5-3-4-9(21)13(14,15)16/h6-7,9H,2-5,17H2,1H3/b8-6+,19-12+/t9-/m1/s1. The molecule has 1 aromatic heterocycles. The number of nitrogens with two attached hydrogens (primary N) is 1. The summed E-state index contributed by atoms with van der Waals surface area (Å²) in [5.74, 6) is 0.374. The maximum absolute atomic E-state index is 13.0. The normalized spacial score (nSPS) is 20.5. The molecule has 2 heterocycles. The van der Waals surface area contributed by atoms with Crippen molar-refractivity contribution in [2.45, 2.75) is 32.0 Å². The molecule has 22 heavy (non-hydrogen) atoms. The molecule has 0 amide bonds. The van der Waals surface area contributed by atoms with Crippen LogP contribution in [0, 0.1) is 0 Å². The van der Waals surface area contributed by atoms with Gasteiger partial charge in [0.25, 0.3) is 0 Å². The minimum Gasteiger partial charge on any atom is -0.383 e. The first-order valence-corrected chi connectivity index (χ1v) is 7.47. The predicted molar refractivity (Wildman–Crippen MR) is 82.9 cm³/mol. The van der Waals surface area contributed by atoms with E-state index < -0.39 is 12.2 Å². The fourth-order valence-electron chi connectivity index (χ4n) is 2.23. The van der Waals surface area contributed by atoms with Crippen molar-refractivity contribution >= 4 is 35.4 Å². The van der Waals surface area contributed by atoms with Crippen molar-refractivity contribution in [2.75, 3.05) is 12.3 Å². The van der Waals surface area contributed by atoms with Crippen molar-refractivity contribution in [1.29, 1.82) is 0 Å². The van der Waals surface area contributed by atoms with Gasteiger partial charge < -0.3 is 10.6 Å². The number of allylic oxidation sites excluding steroid dienone is 1. The van der Waals surface area contributed by atoms with E-state index in [4.69, 9.17) is 5.73 Å². The van der Waals surface area contributed by atoms with Gasteiger partial charge in [0.05, 0.1) is 0 Å². The number of halogens is 3. The lowest BCUT2D eigenvalue weighted by molar-refractivity contribution is -0.167. The molecule has 9 heteroatoms. The zero-order chi connectivity index (χ0) is 16.3. The van der Waals surface area contributed by atoms with Crippen LogP contribution in [0.25, 0.3) is 5.57 Å². The predicted octanol–water partition coefficient (Wildman–Crippen LogP) is 3.17. The van der Waals surface area contributed by atoms with Crippen molar-refractivity contribution < 1.29 is 13.2 Å². The lowest BCUT2D eigenvalue weighted by Gasteiger charge is -2.26. The number of nitrogen functional groups attached to an aromatic ring is 1. The topological polar surface area (TPSA) is 66.9 Å². The van der Waals surface area contributed by atoms with Gasteiger partial charge in [-0.15, -0.1) is 11.3 Å².